The number of amides is 1. The van der Waals surface area contributed by atoms with Crippen LogP contribution in [0.1, 0.15) is 17.0 Å². The van der Waals surface area contributed by atoms with Crippen molar-refractivity contribution >= 4 is 56.7 Å². The Labute approximate surface area is 240 Å². The molecule has 0 fully saturated rings. The molecule has 0 spiro atoms. The van der Waals surface area contributed by atoms with Gasteiger partial charge in [0, 0.05) is 44.8 Å². The van der Waals surface area contributed by atoms with Crippen LogP contribution in [0.25, 0.3) is 5.69 Å². The summed E-state index contributed by atoms with van der Waals surface area (Å²) in [6.07, 6.45) is 1.45. The van der Waals surface area contributed by atoms with E-state index in [2.05, 4.69) is 10.5 Å². The monoisotopic (exact) mass is 599 g/mol. The first-order valence-electron chi connectivity index (χ1n) is 11.8. The first kappa shape index (κ1) is 28.8. The maximum Gasteiger partial charge on any atom is 0.269 e. The number of hydrogen-bond donors (Lipinski definition) is 1. The van der Waals surface area contributed by atoms with E-state index < -0.39 is 27.4 Å². The summed E-state index contributed by atoms with van der Waals surface area (Å²) in [7, 11) is -4.18. The average molecular weight is 600 g/mol. The highest BCUT2D eigenvalue weighted by molar-refractivity contribution is 7.92. The summed E-state index contributed by atoms with van der Waals surface area (Å²) in [6.45, 7) is 3.15. The predicted molar refractivity (Wildman–Crippen MR) is 155 cm³/mol. The van der Waals surface area contributed by atoms with Crippen molar-refractivity contribution in [2.75, 3.05) is 10.8 Å². The number of aromatic nitrogens is 1. The van der Waals surface area contributed by atoms with Crippen molar-refractivity contribution < 1.29 is 18.1 Å². The van der Waals surface area contributed by atoms with Crippen LogP contribution >= 0.6 is 23.2 Å². The molecule has 1 aromatic heterocycles. The zero-order valence-electron chi connectivity index (χ0n) is 21.3. The number of hydrazone groups is 1. The van der Waals surface area contributed by atoms with Crippen LogP contribution < -0.4 is 9.73 Å². The van der Waals surface area contributed by atoms with Gasteiger partial charge in [-0.3, -0.25) is 19.2 Å². The lowest BCUT2D eigenvalue weighted by molar-refractivity contribution is -0.384. The lowest BCUT2D eigenvalue weighted by atomic mass is 10.2. The van der Waals surface area contributed by atoms with Crippen molar-refractivity contribution in [3.8, 4) is 5.69 Å². The van der Waals surface area contributed by atoms with Crippen molar-refractivity contribution in [2.24, 2.45) is 5.10 Å². The highest BCUT2D eigenvalue weighted by atomic mass is 35.5. The number of nitrogens with one attached hydrogen (secondary N) is 1. The fourth-order valence-corrected chi connectivity index (χ4v) is 6.06. The summed E-state index contributed by atoms with van der Waals surface area (Å²) >= 11 is 12.3. The number of benzene rings is 3. The van der Waals surface area contributed by atoms with E-state index in [9.17, 15) is 23.3 Å². The number of rotatable bonds is 9. The highest BCUT2D eigenvalue weighted by Gasteiger charge is 2.27. The number of carbonyl (C=O) groups excluding carboxylic acids is 1. The lowest BCUT2D eigenvalue weighted by Crippen LogP contribution is -2.39. The van der Waals surface area contributed by atoms with Crippen LogP contribution in [0.2, 0.25) is 10.0 Å². The third-order valence-electron chi connectivity index (χ3n) is 5.94. The Balaban J connectivity index is 1.56. The average Bonchev–Trinajstić information content (AvgIpc) is 3.19. The second kappa shape index (κ2) is 11.9. The van der Waals surface area contributed by atoms with Gasteiger partial charge in [-0.1, -0.05) is 41.4 Å². The van der Waals surface area contributed by atoms with Crippen LogP contribution in [-0.2, 0) is 14.8 Å². The van der Waals surface area contributed by atoms with Gasteiger partial charge in [0.05, 0.1) is 21.7 Å². The van der Waals surface area contributed by atoms with E-state index in [4.69, 9.17) is 23.2 Å². The Hall–Kier alpha value is -4.19. The van der Waals surface area contributed by atoms with Gasteiger partial charge < -0.3 is 4.57 Å². The topological polar surface area (TPSA) is 127 Å². The number of sulfonamides is 1. The van der Waals surface area contributed by atoms with Gasteiger partial charge in [-0.25, -0.2) is 13.8 Å². The van der Waals surface area contributed by atoms with Crippen molar-refractivity contribution in [1.82, 2.24) is 9.99 Å². The van der Waals surface area contributed by atoms with E-state index in [-0.39, 0.29) is 16.3 Å². The molecule has 0 aliphatic rings. The number of anilines is 1. The molecular weight excluding hydrogens is 577 g/mol. The molecule has 4 rings (SSSR count). The fourth-order valence-electron chi connectivity index (χ4n) is 4.10. The number of carbonyl (C=O) groups is 1. The van der Waals surface area contributed by atoms with Gasteiger partial charge >= 0.3 is 0 Å². The molecule has 10 nitrogen and oxygen atoms in total. The second-order valence-corrected chi connectivity index (χ2v) is 11.4. The van der Waals surface area contributed by atoms with E-state index in [1.807, 2.05) is 24.5 Å². The number of hydrogen-bond acceptors (Lipinski definition) is 6. The standard InChI is InChI=1S/C27H23Cl2N5O5S/c1-18-12-20(19(2)33(18)25-14-21(28)13-22(29)15-25)16-30-31-27(35)17-32(23-8-10-24(11-9-23)34(36)37)40(38,39)26-6-4-3-5-7-26/h3-16H,17H2,1-2H3,(H,31,35)/b30-16-. The summed E-state index contributed by atoms with van der Waals surface area (Å²) in [5.41, 5.74) is 5.39. The summed E-state index contributed by atoms with van der Waals surface area (Å²) < 4.78 is 29.6. The smallest absolute Gasteiger partial charge is 0.269 e. The van der Waals surface area contributed by atoms with E-state index in [1.54, 1.807) is 36.4 Å². The minimum atomic E-state index is -4.18. The van der Waals surface area contributed by atoms with Crippen LogP contribution in [0, 0.1) is 24.0 Å². The molecule has 3 aromatic carbocycles. The molecule has 13 heteroatoms. The second-order valence-electron chi connectivity index (χ2n) is 8.68. The maximum atomic E-state index is 13.4. The molecule has 0 atom stereocenters. The quantitative estimate of drug-likeness (QED) is 0.151. The minimum Gasteiger partial charge on any atom is -0.318 e. The van der Waals surface area contributed by atoms with Crippen molar-refractivity contribution in [1.29, 1.82) is 0 Å². The first-order valence-corrected chi connectivity index (χ1v) is 14.0. The molecule has 0 radical (unpaired) electrons. The SMILES string of the molecule is Cc1cc(/C=N\NC(=O)CN(c2ccc([N+](=O)[O-])cc2)S(=O)(=O)c2ccccc2)c(C)n1-c1cc(Cl)cc(Cl)c1. The number of nitrogens with zero attached hydrogens (tertiary/aromatic N) is 4. The van der Waals surface area contributed by atoms with E-state index in [0.29, 0.717) is 15.6 Å². The predicted octanol–water partition coefficient (Wildman–Crippen LogP) is 5.65. The molecular formula is C27H23Cl2N5O5S. The third kappa shape index (κ3) is 6.33. The number of non-ortho nitro benzene ring substituents is 1. The third-order valence-corrected chi connectivity index (χ3v) is 8.16. The molecule has 1 amide bonds. The van der Waals surface area contributed by atoms with Crippen LogP contribution in [0.3, 0.4) is 0 Å². The summed E-state index contributed by atoms with van der Waals surface area (Å²) in [4.78, 5) is 23.3. The van der Waals surface area contributed by atoms with E-state index >= 15 is 0 Å². The number of aryl methyl sites for hydroxylation is 1. The summed E-state index contributed by atoms with van der Waals surface area (Å²) in [5, 5.41) is 16.0. The number of nitro benzene ring substituents is 1. The Morgan fingerprint density at radius 3 is 2.25 bits per heavy atom. The molecule has 1 N–H and O–H groups in total. The van der Waals surface area contributed by atoms with Gasteiger partial charge in [0.15, 0.2) is 0 Å². The van der Waals surface area contributed by atoms with Gasteiger partial charge in [0.2, 0.25) is 0 Å². The van der Waals surface area contributed by atoms with Gasteiger partial charge in [-0.15, -0.1) is 0 Å². The molecule has 0 aliphatic heterocycles. The van der Waals surface area contributed by atoms with Gasteiger partial charge in [-0.2, -0.15) is 5.10 Å². The molecule has 4 aromatic rings. The van der Waals surface area contributed by atoms with Gasteiger partial charge in [0.25, 0.3) is 21.6 Å². The fraction of sp³-hybridized carbons (Fsp3) is 0.111. The maximum absolute atomic E-state index is 13.4. The molecule has 0 bridgehead atoms. The summed E-state index contributed by atoms with van der Waals surface area (Å²) in [6, 6.07) is 19.5. The Kier molecular flexibility index (Phi) is 8.58. The lowest BCUT2D eigenvalue weighted by Gasteiger charge is -2.23. The Bertz CT molecular complexity index is 1690. The van der Waals surface area contributed by atoms with Gasteiger partial charge in [-0.05, 0) is 62.4 Å². The van der Waals surface area contributed by atoms with Crippen molar-refractivity contribution in [3.63, 3.8) is 0 Å². The Morgan fingerprint density at radius 2 is 1.65 bits per heavy atom. The highest BCUT2D eigenvalue weighted by Crippen LogP contribution is 2.27. The van der Waals surface area contributed by atoms with Crippen LogP contribution in [0.15, 0.2) is 88.9 Å². The molecule has 40 heavy (non-hydrogen) atoms. The van der Waals surface area contributed by atoms with Crippen molar-refractivity contribution in [3.05, 3.63) is 116 Å². The normalized spacial score (nSPS) is 11.5. The van der Waals surface area contributed by atoms with Crippen LogP contribution in [0.4, 0.5) is 11.4 Å². The summed E-state index contributed by atoms with van der Waals surface area (Å²) in [5.74, 6) is -0.718. The largest absolute Gasteiger partial charge is 0.318 e. The zero-order valence-corrected chi connectivity index (χ0v) is 23.6. The molecule has 1 heterocycles. The number of nitro groups is 1. The van der Waals surface area contributed by atoms with Crippen LogP contribution in [-0.4, -0.2) is 36.6 Å². The van der Waals surface area contributed by atoms with Gasteiger partial charge in [0.1, 0.15) is 6.54 Å². The molecule has 0 saturated carbocycles. The Morgan fingerprint density at radius 1 is 1.02 bits per heavy atom. The molecule has 0 aliphatic carbocycles. The first-order chi connectivity index (χ1) is 19.0. The van der Waals surface area contributed by atoms with E-state index in [1.165, 1.54) is 42.6 Å². The molecule has 0 saturated heterocycles. The number of halogens is 2. The zero-order chi connectivity index (χ0) is 29.0. The van der Waals surface area contributed by atoms with E-state index in [0.717, 1.165) is 21.4 Å². The van der Waals surface area contributed by atoms with Crippen LogP contribution in [0.5, 0.6) is 0 Å². The molecule has 0 unspecified atom stereocenters. The minimum absolute atomic E-state index is 0.0433. The molecule has 206 valence electrons. The van der Waals surface area contributed by atoms with Crippen molar-refractivity contribution in [2.45, 2.75) is 18.7 Å².